The van der Waals surface area contributed by atoms with Gasteiger partial charge < -0.3 is 10.6 Å². The molecule has 0 atom stereocenters. The van der Waals surface area contributed by atoms with Crippen molar-refractivity contribution in [2.75, 3.05) is 24.2 Å². The first-order valence-electron chi connectivity index (χ1n) is 6.27. The van der Waals surface area contributed by atoms with Gasteiger partial charge in [-0.05, 0) is 55.5 Å². The average Bonchev–Trinajstić information content (AvgIpc) is 2.46. The molecule has 0 aliphatic rings. The molecule has 0 amide bonds. The van der Waals surface area contributed by atoms with Gasteiger partial charge >= 0.3 is 0 Å². The lowest BCUT2D eigenvalue weighted by molar-refractivity contribution is 0.968. The molecule has 0 aliphatic heterocycles. The number of anilines is 2. The van der Waals surface area contributed by atoms with Gasteiger partial charge in [-0.3, -0.25) is 0 Å². The number of nitrogens with two attached hydrogens (primary N) is 1. The summed E-state index contributed by atoms with van der Waals surface area (Å²) >= 11 is 0. The molecule has 4 heteroatoms. The van der Waals surface area contributed by atoms with Crippen LogP contribution in [-0.4, -0.2) is 13.6 Å². The third-order valence-electron chi connectivity index (χ3n) is 2.94. The van der Waals surface area contributed by atoms with Crippen molar-refractivity contribution in [1.82, 2.24) is 0 Å². The highest BCUT2D eigenvalue weighted by molar-refractivity contribution is 5.52. The Balaban J connectivity index is 2.09. The summed E-state index contributed by atoms with van der Waals surface area (Å²) in [6, 6.07) is 15.3. The number of hydrogen-bond acceptors (Lipinski definition) is 4. The quantitative estimate of drug-likeness (QED) is 0.658. The maximum absolute atomic E-state index is 5.62. The minimum Gasteiger partial charge on any atom is -0.399 e. The van der Waals surface area contributed by atoms with Crippen LogP contribution >= 0.6 is 0 Å². The molecule has 0 unspecified atom stereocenters. The van der Waals surface area contributed by atoms with Crippen molar-refractivity contribution in [3.8, 4) is 0 Å². The molecule has 2 aromatic rings. The molecule has 2 aromatic carbocycles. The minimum absolute atomic E-state index is 0.728. The van der Waals surface area contributed by atoms with Crippen molar-refractivity contribution in [3.63, 3.8) is 0 Å². The predicted octanol–water partition coefficient (Wildman–Crippen LogP) is 4.14. The Labute approximate surface area is 113 Å². The second kappa shape index (κ2) is 6.00. The molecule has 0 spiro atoms. The first-order chi connectivity index (χ1) is 9.19. The summed E-state index contributed by atoms with van der Waals surface area (Å²) in [4.78, 5) is 2.17. The van der Waals surface area contributed by atoms with E-state index in [1.807, 2.05) is 48.5 Å². The van der Waals surface area contributed by atoms with E-state index in [9.17, 15) is 0 Å². The van der Waals surface area contributed by atoms with Crippen LogP contribution < -0.4 is 10.6 Å². The molecular formula is C15H18N4. The number of nitrogen functional groups attached to an aromatic ring is 1. The lowest BCUT2D eigenvalue weighted by Gasteiger charge is -2.16. The van der Waals surface area contributed by atoms with Gasteiger partial charge in [-0.1, -0.05) is 0 Å². The van der Waals surface area contributed by atoms with Crippen LogP contribution in [0.5, 0.6) is 0 Å². The molecule has 0 fully saturated rings. The highest BCUT2D eigenvalue weighted by Gasteiger charge is 1.97. The molecule has 4 nitrogen and oxygen atoms in total. The SMILES string of the molecule is CCN(C)c1ccc(N=Nc2ccc(N)cc2)cc1. The molecule has 0 saturated heterocycles. The van der Waals surface area contributed by atoms with Gasteiger partial charge in [0.05, 0.1) is 11.4 Å². The van der Waals surface area contributed by atoms with Gasteiger partial charge in [0, 0.05) is 25.0 Å². The molecule has 2 N–H and O–H groups in total. The smallest absolute Gasteiger partial charge is 0.0858 e. The molecule has 0 saturated carbocycles. The van der Waals surface area contributed by atoms with Crippen molar-refractivity contribution < 1.29 is 0 Å². The zero-order valence-electron chi connectivity index (χ0n) is 11.2. The van der Waals surface area contributed by atoms with Crippen LogP contribution in [0, 0.1) is 0 Å². The molecule has 0 aliphatic carbocycles. The average molecular weight is 254 g/mol. The summed E-state index contributed by atoms with van der Waals surface area (Å²) in [6.07, 6.45) is 0. The molecule has 0 aromatic heterocycles. The summed E-state index contributed by atoms with van der Waals surface area (Å²) in [5.74, 6) is 0. The monoisotopic (exact) mass is 254 g/mol. The Kier molecular flexibility index (Phi) is 4.13. The normalized spacial score (nSPS) is 10.8. The lowest BCUT2D eigenvalue weighted by Crippen LogP contribution is -2.15. The third kappa shape index (κ3) is 3.55. The molecule has 0 radical (unpaired) electrons. The number of hydrogen-bond donors (Lipinski definition) is 1. The second-order valence-electron chi connectivity index (χ2n) is 4.32. The van der Waals surface area contributed by atoms with E-state index in [1.54, 1.807) is 0 Å². The van der Waals surface area contributed by atoms with Crippen molar-refractivity contribution >= 4 is 22.7 Å². The Morgan fingerprint density at radius 1 is 0.895 bits per heavy atom. The molecular weight excluding hydrogens is 236 g/mol. The standard InChI is InChI=1S/C15H18N4/c1-3-19(2)15-10-8-14(9-11-15)18-17-13-6-4-12(16)5-7-13/h4-11H,3,16H2,1-2H3. The predicted molar refractivity (Wildman–Crippen MR) is 80.4 cm³/mol. The first kappa shape index (κ1) is 13.1. The van der Waals surface area contributed by atoms with Crippen molar-refractivity contribution in [1.29, 1.82) is 0 Å². The topological polar surface area (TPSA) is 54.0 Å². The van der Waals surface area contributed by atoms with Gasteiger partial charge in [0.25, 0.3) is 0 Å². The minimum atomic E-state index is 0.728. The van der Waals surface area contributed by atoms with E-state index in [-0.39, 0.29) is 0 Å². The van der Waals surface area contributed by atoms with Gasteiger partial charge in [0.15, 0.2) is 0 Å². The summed E-state index contributed by atoms with van der Waals surface area (Å²) in [7, 11) is 2.06. The number of rotatable bonds is 4. The summed E-state index contributed by atoms with van der Waals surface area (Å²) in [6.45, 7) is 3.10. The van der Waals surface area contributed by atoms with Gasteiger partial charge in [-0.15, -0.1) is 0 Å². The molecule has 19 heavy (non-hydrogen) atoms. The maximum atomic E-state index is 5.62. The van der Waals surface area contributed by atoms with E-state index < -0.39 is 0 Å². The van der Waals surface area contributed by atoms with Gasteiger partial charge in [-0.2, -0.15) is 10.2 Å². The summed E-state index contributed by atoms with van der Waals surface area (Å²) in [5, 5.41) is 8.37. The van der Waals surface area contributed by atoms with Crippen LogP contribution in [0.3, 0.4) is 0 Å². The fourth-order valence-electron chi connectivity index (χ4n) is 1.61. The Bertz CT molecular complexity index is 543. The van der Waals surface area contributed by atoms with E-state index in [0.717, 1.165) is 23.6 Å². The van der Waals surface area contributed by atoms with E-state index >= 15 is 0 Å². The van der Waals surface area contributed by atoms with Gasteiger partial charge in [-0.25, -0.2) is 0 Å². The lowest BCUT2D eigenvalue weighted by atomic mass is 10.2. The van der Waals surface area contributed by atoms with Crippen LogP contribution in [0.25, 0.3) is 0 Å². The van der Waals surface area contributed by atoms with Crippen LogP contribution in [-0.2, 0) is 0 Å². The highest BCUT2D eigenvalue weighted by Crippen LogP contribution is 2.22. The van der Waals surface area contributed by atoms with Crippen LogP contribution in [0.1, 0.15) is 6.92 Å². The fraction of sp³-hybridized carbons (Fsp3) is 0.200. The number of benzene rings is 2. The van der Waals surface area contributed by atoms with Crippen LogP contribution in [0.15, 0.2) is 58.8 Å². The van der Waals surface area contributed by atoms with E-state index in [2.05, 4.69) is 29.1 Å². The Morgan fingerprint density at radius 3 is 1.84 bits per heavy atom. The van der Waals surface area contributed by atoms with Crippen molar-refractivity contribution in [3.05, 3.63) is 48.5 Å². The second-order valence-corrected chi connectivity index (χ2v) is 4.32. The number of nitrogens with zero attached hydrogens (tertiary/aromatic N) is 3. The zero-order valence-corrected chi connectivity index (χ0v) is 11.2. The fourth-order valence-corrected chi connectivity index (χ4v) is 1.61. The molecule has 2 rings (SSSR count). The highest BCUT2D eigenvalue weighted by atomic mass is 15.1. The van der Waals surface area contributed by atoms with Crippen LogP contribution in [0.2, 0.25) is 0 Å². The van der Waals surface area contributed by atoms with E-state index in [0.29, 0.717) is 0 Å². The van der Waals surface area contributed by atoms with E-state index in [1.165, 1.54) is 5.69 Å². The van der Waals surface area contributed by atoms with Gasteiger partial charge in [0.2, 0.25) is 0 Å². The Morgan fingerprint density at radius 2 is 1.37 bits per heavy atom. The molecule has 0 bridgehead atoms. The molecule has 0 heterocycles. The Hall–Kier alpha value is -2.36. The van der Waals surface area contributed by atoms with Crippen LogP contribution in [0.4, 0.5) is 22.7 Å². The van der Waals surface area contributed by atoms with E-state index in [4.69, 9.17) is 5.73 Å². The van der Waals surface area contributed by atoms with Crippen molar-refractivity contribution in [2.24, 2.45) is 10.2 Å². The third-order valence-corrected chi connectivity index (χ3v) is 2.94. The number of azo groups is 1. The molecule has 98 valence electrons. The summed E-state index contributed by atoms with van der Waals surface area (Å²) < 4.78 is 0. The van der Waals surface area contributed by atoms with Gasteiger partial charge in [0.1, 0.15) is 0 Å². The van der Waals surface area contributed by atoms with Crippen molar-refractivity contribution in [2.45, 2.75) is 6.92 Å². The zero-order chi connectivity index (χ0) is 13.7. The largest absolute Gasteiger partial charge is 0.399 e. The summed E-state index contributed by atoms with van der Waals surface area (Å²) in [5.41, 5.74) is 9.15. The first-order valence-corrected chi connectivity index (χ1v) is 6.27. The maximum Gasteiger partial charge on any atom is 0.0858 e.